The number of alkyl halides is 2. The van der Waals surface area contributed by atoms with Crippen LogP contribution < -0.4 is 11.3 Å². The van der Waals surface area contributed by atoms with Crippen LogP contribution >= 0.6 is 11.3 Å². The molecule has 1 aromatic carbocycles. The van der Waals surface area contributed by atoms with Crippen LogP contribution in [0.2, 0.25) is 0 Å². The highest BCUT2D eigenvalue weighted by atomic mass is 32.1. The van der Waals surface area contributed by atoms with Gasteiger partial charge in [-0.3, -0.25) is 14.0 Å². The summed E-state index contributed by atoms with van der Waals surface area (Å²) in [4.78, 5) is 29.1. The van der Waals surface area contributed by atoms with Gasteiger partial charge in [0.1, 0.15) is 5.82 Å². The van der Waals surface area contributed by atoms with E-state index in [4.69, 9.17) is 5.73 Å². The lowest BCUT2D eigenvalue weighted by molar-refractivity contribution is -0.117. The number of nitrogens with two attached hydrogens (primary N) is 1. The van der Waals surface area contributed by atoms with Crippen molar-refractivity contribution in [1.29, 1.82) is 0 Å². The van der Waals surface area contributed by atoms with Gasteiger partial charge in [0.2, 0.25) is 5.91 Å². The second-order valence-corrected chi connectivity index (χ2v) is 7.48. The highest BCUT2D eigenvalue weighted by Crippen LogP contribution is 2.31. The summed E-state index contributed by atoms with van der Waals surface area (Å²) in [5.74, 6) is -4.90. The molecule has 0 atom stereocenters. The van der Waals surface area contributed by atoms with E-state index in [1.54, 1.807) is 6.92 Å². The van der Waals surface area contributed by atoms with Crippen LogP contribution in [0.1, 0.15) is 34.3 Å². The molecule has 0 aliphatic heterocycles. The van der Waals surface area contributed by atoms with Crippen molar-refractivity contribution in [2.24, 2.45) is 5.73 Å². The van der Waals surface area contributed by atoms with Gasteiger partial charge in [-0.1, -0.05) is 18.2 Å². The number of benzene rings is 1. The minimum absolute atomic E-state index is 0.0240. The fourth-order valence-electron chi connectivity index (χ4n) is 2.89. The lowest BCUT2D eigenvalue weighted by Gasteiger charge is -2.14. The Morgan fingerprint density at radius 1 is 1.37 bits per heavy atom. The lowest BCUT2D eigenvalue weighted by atomic mass is 10.0. The van der Waals surface area contributed by atoms with Gasteiger partial charge < -0.3 is 5.73 Å². The SMILES string of the molecule is Cc1sc2nc(Cc3cccc(C(C)(F)F)c3F)cc(=O)n2c1CC(N)=O. The second-order valence-electron chi connectivity index (χ2n) is 6.30. The molecule has 0 unspecified atom stereocenters. The maximum absolute atomic E-state index is 14.4. The maximum atomic E-state index is 14.4. The van der Waals surface area contributed by atoms with Crippen LogP contribution in [0.5, 0.6) is 0 Å². The van der Waals surface area contributed by atoms with Gasteiger partial charge in [-0.25, -0.2) is 18.2 Å². The molecule has 0 saturated carbocycles. The zero-order valence-electron chi connectivity index (χ0n) is 14.6. The fraction of sp³-hybridized carbons (Fsp3) is 0.278. The summed E-state index contributed by atoms with van der Waals surface area (Å²) in [5, 5.41) is 0. The quantitative estimate of drug-likeness (QED) is 0.722. The van der Waals surface area contributed by atoms with Crippen LogP contribution in [0.4, 0.5) is 13.2 Å². The molecule has 0 radical (unpaired) electrons. The Balaban J connectivity index is 2.05. The average molecular weight is 395 g/mol. The maximum Gasteiger partial charge on any atom is 0.273 e. The number of aryl methyl sites for hydroxylation is 1. The van der Waals surface area contributed by atoms with Crippen LogP contribution in [-0.2, 0) is 23.6 Å². The number of halogens is 3. The van der Waals surface area contributed by atoms with Gasteiger partial charge in [0.05, 0.1) is 23.4 Å². The van der Waals surface area contributed by atoms with E-state index in [0.29, 0.717) is 22.5 Å². The number of hydrogen-bond donors (Lipinski definition) is 1. The van der Waals surface area contributed by atoms with Crippen LogP contribution in [0, 0.1) is 12.7 Å². The van der Waals surface area contributed by atoms with Gasteiger partial charge in [0.25, 0.3) is 11.5 Å². The van der Waals surface area contributed by atoms with Crippen molar-refractivity contribution < 1.29 is 18.0 Å². The van der Waals surface area contributed by atoms with Gasteiger partial charge >= 0.3 is 0 Å². The second kappa shape index (κ2) is 6.80. The molecule has 0 saturated heterocycles. The van der Waals surface area contributed by atoms with E-state index in [-0.39, 0.29) is 24.1 Å². The highest BCUT2D eigenvalue weighted by Gasteiger charge is 2.29. The summed E-state index contributed by atoms with van der Waals surface area (Å²) >= 11 is 1.20. The Labute approximate surface area is 156 Å². The van der Waals surface area contributed by atoms with E-state index < -0.39 is 28.8 Å². The first-order valence-corrected chi connectivity index (χ1v) is 8.84. The van der Waals surface area contributed by atoms with Crippen molar-refractivity contribution in [2.75, 3.05) is 0 Å². The summed E-state index contributed by atoms with van der Waals surface area (Å²) in [5.41, 5.74) is 4.82. The first-order chi connectivity index (χ1) is 12.6. The Kier molecular flexibility index (Phi) is 4.81. The average Bonchev–Trinajstić information content (AvgIpc) is 2.83. The number of hydrogen-bond acceptors (Lipinski definition) is 4. The van der Waals surface area contributed by atoms with Crippen LogP contribution in [0.25, 0.3) is 4.96 Å². The molecule has 3 aromatic rings. The molecule has 0 fully saturated rings. The Morgan fingerprint density at radius 3 is 2.70 bits per heavy atom. The number of carbonyl (C=O) groups excluding carboxylic acids is 1. The summed E-state index contributed by atoms with van der Waals surface area (Å²) in [6, 6.07) is 4.96. The Hall–Kier alpha value is -2.68. The van der Waals surface area contributed by atoms with Crippen molar-refractivity contribution in [3.8, 4) is 0 Å². The van der Waals surface area contributed by atoms with Gasteiger partial charge in [-0.2, -0.15) is 0 Å². The third kappa shape index (κ3) is 3.73. The molecule has 0 bridgehead atoms. The largest absolute Gasteiger partial charge is 0.369 e. The summed E-state index contributed by atoms with van der Waals surface area (Å²) < 4.78 is 42.8. The first-order valence-electron chi connectivity index (χ1n) is 8.03. The van der Waals surface area contributed by atoms with E-state index in [2.05, 4.69) is 4.98 Å². The normalized spacial score (nSPS) is 11.9. The van der Waals surface area contributed by atoms with Crippen molar-refractivity contribution in [2.45, 2.75) is 32.6 Å². The molecule has 2 N–H and O–H groups in total. The first kappa shape index (κ1) is 19.1. The number of amides is 1. The molecule has 1 amide bonds. The molecule has 2 aromatic heterocycles. The number of fused-ring (bicyclic) bond motifs is 1. The minimum atomic E-state index is -3.31. The zero-order valence-corrected chi connectivity index (χ0v) is 15.4. The monoisotopic (exact) mass is 395 g/mol. The zero-order chi connectivity index (χ0) is 19.9. The molecule has 27 heavy (non-hydrogen) atoms. The van der Waals surface area contributed by atoms with Crippen LogP contribution in [0.15, 0.2) is 29.1 Å². The van der Waals surface area contributed by atoms with Crippen LogP contribution in [-0.4, -0.2) is 15.3 Å². The number of aromatic nitrogens is 2. The number of thiazole rings is 1. The van der Waals surface area contributed by atoms with Crippen molar-refractivity contribution >= 4 is 22.2 Å². The van der Waals surface area contributed by atoms with Gasteiger partial charge in [-0.15, -0.1) is 11.3 Å². The molecule has 0 spiro atoms. The Bertz CT molecular complexity index is 1100. The fourth-order valence-corrected chi connectivity index (χ4v) is 3.90. The van der Waals surface area contributed by atoms with E-state index >= 15 is 0 Å². The highest BCUT2D eigenvalue weighted by molar-refractivity contribution is 7.17. The summed E-state index contributed by atoms with van der Waals surface area (Å²) in [6.45, 7) is 2.36. The molecular weight excluding hydrogens is 379 g/mol. The number of carbonyl (C=O) groups is 1. The minimum Gasteiger partial charge on any atom is -0.369 e. The predicted octanol–water partition coefficient (Wildman–Crippen LogP) is 2.93. The summed E-state index contributed by atoms with van der Waals surface area (Å²) in [6.07, 6.45) is -0.210. The number of nitrogens with zero attached hydrogens (tertiary/aromatic N) is 2. The standard InChI is InChI=1S/C18H16F3N3O2S/c1-9-13(8-14(22)25)24-15(26)7-11(23-17(24)27-9)6-10-4-3-5-12(16(10)19)18(2,20)21/h3-5,7H,6,8H2,1-2H3,(H2,22,25). The molecule has 9 heteroatoms. The molecule has 0 aliphatic rings. The van der Waals surface area contributed by atoms with Gasteiger partial charge in [0.15, 0.2) is 4.96 Å². The topological polar surface area (TPSA) is 77.5 Å². The summed E-state index contributed by atoms with van der Waals surface area (Å²) in [7, 11) is 0. The van der Waals surface area contributed by atoms with E-state index in [0.717, 1.165) is 6.07 Å². The van der Waals surface area contributed by atoms with Crippen LogP contribution in [0.3, 0.4) is 0 Å². The van der Waals surface area contributed by atoms with Crippen molar-refractivity contribution in [1.82, 2.24) is 9.38 Å². The van der Waals surface area contributed by atoms with Gasteiger partial charge in [0, 0.05) is 24.3 Å². The number of primary amides is 1. The molecule has 3 rings (SSSR count). The van der Waals surface area contributed by atoms with Crippen molar-refractivity contribution in [3.05, 3.63) is 67.8 Å². The molecule has 5 nitrogen and oxygen atoms in total. The van der Waals surface area contributed by atoms with E-state index in [1.165, 1.54) is 33.9 Å². The lowest BCUT2D eigenvalue weighted by Crippen LogP contribution is -2.21. The predicted molar refractivity (Wildman–Crippen MR) is 95.7 cm³/mol. The third-order valence-corrected chi connectivity index (χ3v) is 5.12. The van der Waals surface area contributed by atoms with E-state index in [1.807, 2.05) is 0 Å². The Morgan fingerprint density at radius 2 is 2.07 bits per heavy atom. The van der Waals surface area contributed by atoms with Gasteiger partial charge in [-0.05, 0) is 12.5 Å². The van der Waals surface area contributed by atoms with Crippen molar-refractivity contribution in [3.63, 3.8) is 0 Å². The van der Waals surface area contributed by atoms with E-state index in [9.17, 15) is 22.8 Å². The molecule has 0 aliphatic carbocycles. The smallest absolute Gasteiger partial charge is 0.273 e. The molecular formula is C18H16F3N3O2S. The number of rotatable bonds is 5. The molecule has 2 heterocycles. The molecule has 142 valence electrons. The third-order valence-electron chi connectivity index (χ3n) is 4.13.